The number of amides is 2. The molecule has 1 aliphatic heterocycles. The summed E-state index contributed by atoms with van der Waals surface area (Å²) in [5.41, 5.74) is 4.05. The standard InChI is InChI=1S/C35H44N2O2/c1-33(2,3)29-21-35(5)28-16-18-34(4)17-10-15-27(34)26(28)22-37(31(35)20-30(29)38)32(39)36-25-14-9-13-24(19-25)23-11-7-6-8-12-23/h6-9,11-14,19-20,26-29H,10,15-18,21-22H2,1-5H3,(H,36,39)/t26-,27-,28-,29?,34-,35+/m0/s1. The first-order valence-corrected chi connectivity index (χ1v) is 15.0. The lowest BCUT2D eigenvalue weighted by Gasteiger charge is -2.60. The quantitative estimate of drug-likeness (QED) is 0.428. The van der Waals surface area contributed by atoms with Gasteiger partial charge in [-0.25, -0.2) is 4.79 Å². The van der Waals surface area contributed by atoms with Gasteiger partial charge in [-0.2, -0.15) is 0 Å². The van der Waals surface area contributed by atoms with E-state index in [0.29, 0.717) is 29.7 Å². The molecular weight excluding hydrogens is 480 g/mol. The smallest absolute Gasteiger partial charge is 0.308 e. The number of allylic oxidation sites excluding steroid dienone is 2. The monoisotopic (exact) mass is 524 g/mol. The van der Waals surface area contributed by atoms with E-state index in [1.807, 2.05) is 47.4 Å². The topological polar surface area (TPSA) is 49.4 Å². The maximum atomic E-state index is 14.1. The van der Waals surface area contributed by atoms with Crippen molar-refractivity contribution in [3.8, 4) is 11.1 Å². The van der Waals surface area contributed by atoms with Gasteiger partial charge in [0, 0.05) is 35.3 Å². The highest BCUT2D eigenvalue weighted by Gasteiger charge is 2.60. The molecule has 1 saturated heterocycles. The third kappa shape index (κ3) is 4.44. The average Bonchev–Trinajstić information content (AvgIpc) is 3.30. The number of hydrogen-bond acceptors (Lipinski definition) is 2. The second kappa shape index (κ2) is 9.35. The van der Waals surface area contributed by atoms with Gasteiger partial charge in [0.1, 0.15) is 0 Å². The Labute approximate surface area is 234 Å². The van der Waals surface area contributed by atoms with Gasteiger partial charge in [0.25, 0.3) is 0 Å². The zero-order valence-electron chi connectivity index (χ0n) is 24.3. The van der Waals surface area contributed by atoms with E-state index < -0.39 is 0 Å². The predicted octanol–water partition coefficient (Wildman–Crippen LogP) is 8.56. The fourth-order valence-corrected chi connectivity index (χ4v) is 8.92. The summed E-state index contributed by atoms with van der Waals surface area (Å²) in [5.74, 6) is 1.80. The molecule has 4 heteroatoms. The molecule has 0 bridgehead atoms. The van der Waals surface area contributed by atoms with Crippen LogP contribution in [0.3, 0.4) is 0 Å². The normalized spacial score (nSPS) is 34.0. The van der Waals surface area contributed by atoms with Crippen LogP contribution in [0.2, 0.25) is 0 Å². The second-order valence-electron chi connectivity index (χ2n) is 14.4. The number of nitrogens with one attached hydrogen (secondary N) is 1. The zero-order valence-corrected chi connectivity index (χ0v) is 24.3. The van der Waals surface area contributed by atoms with Crippen molar-refractivity contribution in [2.75, 3.05) is 11.9 Å². The van der Waals surface area contributed by atoms with E-state index in [4.69, 9.17) is 0 Å². The lowest BCUT2D eigenvalue weighted by atomic mass is 9.48. The van der Waals surface area contributed by atoms with Crippen molar-refractivity contribution in [3.05, 3.63) is 66.4 Å². The molecule has 0 spiro atoms. The highest BCUT2D eigenvalue weighted by atomic mass is 16.2. The number of nitrogens with zero attached hydrogens (tertiary/aromatic N) is 1. The maximum absolute atomic E-state index is 14.1. The number of hydrogen-bond donors (Lipinski definition) is 1. The molecule has 2 saturated carbocycles. The van der Waals surface area contributed by atoms with Crippen molar-refractivity contribution in [2.45, 2.75) is 73.1 Å². The highest BCUT2D eigenvalue weighted by Crippen LogP contribution is 2.65. The van der Waals surface area contributed by atoms with Crippen LogP contribution in [-0.2, 0) is 4.79 Å². The fourth-order valence-electron chi connectivity index (χ4n) is 8.92. The summed E-state index contributed by atoms with van der Waals surface area (Å²) in [6, 6.07) is 18.2. The minimum absolute atomic E-state index is 0.0191. The Morgan fingerprint density at radius 3 is 2.44 bits per heavy atom. The van der Waals surface area contributed by atoms with E-state index in [0.717, 1.165) is 28.9 Å². The Kier molecular flexibility index (Phi) is 6.32. The van der Waals surface area contributed by atoms with E-state index in [9.17, 15) is 9.59 Å². The number of likely N-dealkylation sites (tertiary alicyclic amines) is 1. The van der Waals surface area contributed by atoms with E-state index in [2.05, 4.69) is 58.1 Å². The number of carbonyl (C=O) groups excluding carboxylic acids is 2. The molecule has 3 aliphatic carbocycles. The summed E-state index contributed by atoms with van der Waals surface area (Å²) in [4.78, 5) is 29.6. The molecule has 0 aromatic heterocycles. The van der Waals surface area contributed by atoms with Gasteiger partial charge >= 0.3 is 6.03 Å². The summed E-state index contributed by atoms with van der Waals surface area (Å²) in [5, 5.41) is 3.23. The summed E-state index contributed by atoms with van der Waals surface area (Å²) < 4.78 is 0. The summed E-state index contributed by atoms with van der Waals surface area (Å²) in [7, 11) is 0. The molecule has 0 radical (unpaired) electrons. The minimum Gasteiger partial charge on any atom is -0.308 e. The summed E-state index contributed by atoms with van der Waals surface area (Å²) in [6.45, 7) is 12.2. The Morgan fingerprint density at radius 2 is 1.69 bits per heavy atom. The van der Waals surface area contributed by atoms with Crippen molar-refractivity contribution >= 4 is 17.5 Å². The number of rotatable bonds is 2. The third-order valence-electron chi connectivity index (χ3n) is 11.1. The van der Waals surface area contributed by atoms with Crippen LogP contribution in [0.4, 0.5) is 10.5 Å². The Bertz CT molecular complexity index is 1310. The number of urea groups is 1. The molecule has 6 rings (SSSR count). The van der Waals surface area contributed by atoms with Crippen LogP contribution in [-0.4, -0.2) is 23.3 Å². The predicted molar refractivity (Wildman–Crippen MR) is 158 cm³/mol. The Hall–Kier alpha value is -2.88. The van der Waals surface area contributed by atoms with E-state index in [1.165, 1.54) is 32.1 Å². The number of ketones is 1. The van der Waals surface area contributed by atoms with Gasteiger partial charge in [-0.15, -0.1) is 0 Å². The second-order valence-corrected chi connectivity index (χ2v) is 14.4. The lowest BCUT2D eigenvalue weighted by molar-refractivity contribution is -0.128. The van der Waals surface area contributed by atoms with Crippen LogP contribution in [0.25, 0.3) is 11.1 Å². The van der Waals surface area contributed by atoms with Gasteiger partial charge in [0.2, 0.25) is 0 Å². The summed E-state index contributed by atoms with van der Waals surface area (Å²) >= 11 is 0. The Balaban J connectivity index is 1.36. The first-order chi connectivity index (χ1) is 18.5. The minimum atomic E-state index is -0.179. The van der Waals surface area contributed by atoms with Crippen molar-refractivity contribution in [2.24, 2.45) is 39.9 Å². The maximum Gasteiger partial charge on any atom is 0.326 e. The molecule has 39 heavy (non-hydrogen) atoms. The van der Waals surface area contributed by atoms with Gasteiger partial charge in [-0.05, 0) is 83.9 Å². The van der Waals surface area contributed by atoms with Gasteiger partial charge < -0.3 is 5.32 Å². The third-order valence-corrected chi connectivity index (χ3v) is 11.1. The Morgan fingerprint density at radius 1 is 0.949 bits per heavy atom. The number of piperidine rings is 1. The molecule has 2 amide bonds. The van der Waals surface area contributed by atoms with Crippen LogP contribution in [0.1, 0.15) is 73.1 Å². The molecular formula is C35H44N2O2. The number of fused-ring (bicyclic) bond motifs is 5. The molecule has 4 aliphatic rings. The molecule has 1 unspecified atom stereocenters. The van der Waals surface area contributed by atoms with Gasteiger partial charge in [0.15, 0.2) is 5.78 Å². The van der Waals surface area contributed by atoms with Crippen LogP contribution < -0.4 is 5.32 Å². The van der Waals surface area contributed by atoms with Crippen molar-refractivity contribution in [3.63, 3.8) is 0 Å². The van der Waals surface area contributed by atoms with Crippen LogP contribution in [0.15, 0.2) is 66.4 Å². The molecule has 2 aromatic rings. The molecule has 4 nitrogen and oxygen atoms in total. The first kappa shape index (κ1) is 26.3. The van der Waals surface area contributed by atoms with Gasteiger partial charge in [-0.3, -0.25) is 9.69 Å². The molecule has 1 N–H and O–H groups in total. The molecule has 6 atom stereocenters. The van der Waals surface area contributed by atoms with Gasteiger partial charge in [0.05, 0.1) is 0 Å². The number of benzene rings is 2. The average molecular weight is 525 g/mol. The van der Waals surface area contributed by atoms with E-state index in [1.54, 1.807) is 0 Å². The molecule has 1 heterocycles. The van der Waals surface area contributed by atoms with Crippen LogP contribution in [0, 0.1) is 39.9 Å². The SMILES string of the molecule is CC(C)(C)C1C[C@@]2(C)C(=CC1=O)N(C(=O)Nc1cccc(-c3ccccc3)c1)C[C@H]1[C@@H]3CCC[C@@]3(C)CC[C@@H]12. The fraction of sp³-hybridized carbons (Fsp3) is 0.543. The largest absolute Gasteiger partial charge is 0.326 e. The van der Waals surface area contributed by atoms with E-state index in [-0.39, 0.29) is 28.6 Å². The van der Waals surface area contributed by atoms with Gasteiger partial charge in [-0.1, -0.05) is 83.5 Å². The molecule has 206 valence electrons. The summed E-state index contributed by atoms with van der Waals surface area (Å²) in [6.07, 6.45) is 9.03. The number of anilines is 1. The van der Waals surface area contributed by atoms with Crippen molar-refractivity contribution < 1.29 is 9.59 Å². The first-order valence-electron chi connectivity index (χ1n) is 15.0. The van der Waals surface area contributed by atoms with Crippen LogP contribution in [0.5, 0.6) is 0 Å². The zero-order chi connectivity index (χ0) is 27.6. The van der Waals surface area contributed by atoms with E-state index >= 15 is 0 Å². The van der Waals surface area contributed by atoms with Crippen LogP contribution >= 0.6 is 0 Å². The number of carbonyl (C=O) groups is 2. The molecule has 2 aromatic carbocycles. The van der Waals surface area contributed by atoms with Crippen molar-refractivity contribution in [1.82, 2.24) is 4.90 Å². The molecule has 3 fully saturated rings. The highest BCUT2D eigenvalue weighted by molar-refractivity contribution is 5.97. The lowest BCUT2D eigenvalue weighted by Crippen LogP contribution is -2.60. The van der Waals surface area contributed by atoms with Crippen molar-refractivity contribution in [1.29, 1.82) is 0 Å².